The van der Waals surface area contributed by atoms with Crippen LogP contribution in [0.5, 0.6) is 0 Å². The molecule has 229 valence electrons. The first-order valence-electron chi connectivity index (χ1n) is 14.5. The number of pyridine rings is 1. The molecule has 43 heavy (non-hydrogen) atoms. The monoisotopic (exact) mass is 771 g/mol. The third kappa shape index (κ3) is 7.34. The number of nitrogens with zero attached hydrogens (tertiary/aromatic N) is 1. The molecular formula is C38H44IrNO2S-. The van der Waals surface area contributed by atoms with Gasteiger partial charge in [-0.2, -0.15) is 12.5 Å². The zero-order valence-corrected chi connectivity index (χ0v) is 30.2. The fourth-order valence-corrected chi connectivity index (χ4v) is 7.06. The molecule has 0 aliphatic carbocycles. The van der Waals surface area contributed by atoms with Crippen LogP contribution in [-0.4, -0.2) is 10.9 Å². The number of carbonyl (C=O) groups is 1. The van der Waals surface area contributed by atoms with Crippen molar-refractivity contribution in [2.45, 2.75) is 74.1 Å². The first-order valence-corrected chi connectivity index (χ1v) is 15.3. The second-order valence-corrected chi connectivity index (χ2v) is 14.6. The van der Waals surface area contributed by atoms with Gasteiger partial charge in [-0.15, -0.1) is 34.4 Å². The van der Waals surface area contributed by atoms with Gasteiger partial charge in [0.05, 0.1) is 17.6 Å². The summed E-state index contributed by atoms with van der Waals surface area (Å²) < 4.78 is 4.71. The largest absolute Gasteiger partial charge is 0.512 e. The molecule has 5 aromatic rings. The van der Waals surface area contributed by atoms with E-state index in [4.69, 9.17) is 5.11 Å². The molecule has 2 heterocycles. The van der Waals surface area contributed by atoms with E-state index in [-0.39, 0.29) is 42.5 Å². The van der Waals surface area contributed by atoms with Gasteiger partial charge in [0.2, 0.25) is 0 Å². The minimum absolute atomic E-state index is 0. The van der Waals surface area contributed by atoms with Gasteiger partial charge in [0, 0.05) is 42.6 Å². The number of ketones is 1. The summed E-state index contributed by atoms with van der Waals surface area (Å²) in [5.74, 6) is -0.0625. The summed E-state index contributed by atoms with van der Waals surface area (Å²) in [6.45, 7) is 23.5. The van der Waals surface area contributed by atoms with E-state index >= 15 is 0 Å². The van der Waals surface area contributed by atoms with E-state index in [1.54, 1.807) is 0 Å². The van der Waals surface area contributed by atoms with Gasteiger partial charge in [-0.05, 0) is 66.0 Å². The van der Waals surface area contributed by atoms with Gasteiger partial charge in [0.25, 0.3) is 0 Å². The van der Waals surface area contributed by atoms with Crippen LogP contribution in [0.3, 0.4) is 0 Å². The van der Waals surface area contributed by atoms with Crippen molar-refractivity contribution in [2.24, 2.45) is 5.41 Å². The molecule has 0 aliphatic heterocycles. The van der Waals surface area contributed by atoms with Crippen molar-refractivity contribution in [1.82, 2.24) is 0 Å². The first kappa shape index (κ1) is 34.4. The Kier molecular flexibility index (Phi) is 10.3. The molecule has 0 saturated carbocycles. The van der Waals surface area contributed by atoms with Gasteiger partial charge in [-0.25, -0.2) is 0 Å². The Morgan fingerprint density at radius 1 is 0.930 bits per heavy atom. The summed E-state index contributed by atoms with van der Waals surface area (Å²) in [5.41, 5.74) is 7.87. The standard InChI is InChI=1S/C33H36NS.C5H8O2.Ir/c1-20-22(19-32(3,4)5)14-15-25-26-16-17-34(9)29(31(26)35-30(20)25)27-18-28(33(6,7)8)24-13-11-10-12-23(24)21(27)2;1-4(6)3-5(2)7;/h10-18H,2,9,19H2,1,3-8H3;3,6H,1-2H3;/q-1;;/b;4-3-;. The summed E-state index contributed by atoms with van der Waals surface area (Å²) in [7, 11) is 4.41. The van der Waals surface area contributed by atoms with Crippen LogP contribution in [0.25, 0.3) is 42.2 Å². The van der Waals surface area contributed by atoms with Crippen LogP contribution >= 0.6 is 11.3 Å². The Labute approximate surface area is 275 Å². The second kappa shape index (κ2) is 12.9. The first-order chi connectivity index (χ1) is 19.5. The summed E-state index contributed by atoms with van der Waals surface area (Å²) in [5, 5.41) is 13.5. The predicted octanol–water partition coefficient (Wildman–Crippen LogP) is 10.2. The van der Waals surface area contributed by atoms with Gasteiger partial charge < -0.3 is 9.67 Å². The average molecular weight is 771 g/mol. The van der Waals surface area contributed by atoms with Crippen LogP contribution in [0, 0.1) is 26.3 Å². The van der Waals surface area contributed by atoms with E-state index in [1.807, 2.05) is 15.9 Å². The molecule has 0 bridgehead atoms. The number of thiophene rings is 1. The Hall–Kier alpha value is -3.11. The fraction of sp³-hybridized carbons (Fsp3) is 0.316. The molecule has 3 nitrogen and oxygen atoms in total. The van der Waals surface area contributed by atoms with Crippen molar-refractivity contribution in [3.8, 4) is 11.3 Å². The number of aliphatic hydroxyl groups is 1. The Bertz CT molecular complexity index is 1840. The van der Waals surface area contributed by atoms with Crippen LogP contribution in [0.15, 0.2) is 66.6 Å². The van der Waals surface area contributed by atoms with Crippen LogP contribution < -0.4 is 4.57 Å². The second-order valence-electron chi connectivity index (χ2n) is 13.6. The smallest absolute Gasteiger partial charge is 0.155 e. The maximum Gasteiger partial charge on any atom is 0.155 e. The summed E-state index contributed by atoms with van der Waals surface area (Å²) >= 11 is 1.90. The number of benzene rings is 3. The van der Waals surface area contributed by atoms with Crippen molar-refractivity contribution in [3.63, 3.8) is 0 Å². The SMILES string of the molecule is CC(=O)/C=C(/C)O.[CH2-]c1c(-c2c3sc4c(C)c(CC(C)(C)C)ccc4c3cc[n+]2[CH2-])cc(C(C)(C)C)c2ccccc12.[Ir]. The minimum atomic E-state index is -0.125. The molecule has 0 amide bonds. The molecule has 0 atom stereocenters. The van der Waals surface area contributed by atoms with Gasteiger partial charge >= 0.3 is 0 Å². The van der Waals surface area contributed by atoms with Crippen molar-refractivity contribution < 1.29 is 34.6 Å². The minimum Gasteiger partial charge on any atom is -0.512 e. The molecule has 0 spiro atoms. The van der Waals surface area contributed by atoms with E-state index in [9.17, 15) is 4.79 Å². The van der Waals surface area contributed by atoms with Gasteiger partial charge in [0.1, 0.15) is 0 Å². The van der Waals surface area contributed by atoms with Crippen molar-refractivity contribution in [2.75, 3.05) is 0 Å². The van der Waals surface area contributed by atoms with E-state index in [0.717, 1.165) is 17.7 Å². The molecule has 0 unspecified atom stereocenters. The van der Waals surface area contributed by atoms with Crippen LogP contribution in [0.4, 0.5) is 0 Å². The number of rotatable bonds is 3. The molecule has 5 heteroatoms. The Morgan fingerprint density at radius 3 is 2.07 bits per heavy atom. The Morgan fingerprint density at radius 2 is 1.53 bits per heavy atom. The third-order valence-corrected chi connectivity index (χ3v) is 8.88. The summed E-state index contributed by atoms with van der Waals surface area (Å²) in [4.78, 5) is 10.0. The topological polar surface area (TPSA) is 41.2 Å². The molecule has 5 rings (SSSR count). The maximum absolute atomic E-state index is 10.0. The molecular weight excluding hydrogens is 727 g/mol. The predicted molar refractivity (Wildman–Crippen MR) is 181 cm³/mol. The van der Waals surface area contributed by atoms with E-state index in [0.29, 0.717) is 0 Å². The zero-order valence-electron chi connectivity index (χ0n) is 26.9. The van der Waals surface area contributed by atoms with E-state index < -0.39 is 0 Å². The zero-order chi connectivity index (χ0) is 31.1. The number of hydrogen-bond acceptors (Lipinski definition) is 3. The van der Waals surface area contributed by atoms with Gasteiger partial charge in [-0.3, -0.25) is 4.79 Å². The molecule has 3 aromatic carbocycles. The van der Waals surface area contributed by atoms with Gasteiger partial charge in [-0.1, -0.05) is 82.8 Å². The van der Waals surface area contributed by atoms with Crippen molar-refractivity contribution in [3.05, 3.63) is 103 Å². The van der Waals surface area contributed by atoms with Crippen molar-refractivity contribution >= 4 is 48.1 Å². The molecule has 1 N–H and O–H groups in total. The number of aromatic nitrogens is 1. The number of allylic oxidation sites excluding steroid dienone is 2. The van der Waals surface area contributed by atoms with E-state index in [2.05, 4.69) is 117 Å². The molecule has 1 radical (unpaired) electrons. The van der Waals surface area contributed by atoms with Crippen LogP contribution in [-0.2, 0) is 36.7 Å². The number of aliphatic hydroxyl groups excluding tert-OH is 1. The number of fused-ring (bicyclic) bond motifs is 4. The van der Waals surface area contributed by atoms with Crippen LogP contribution in [0.2, 0.25) is 0 Å². The summed E-state index contributed by atoms with van der Waals surface area (Å²) in [6.07, 6.45) is 4.35. The molecule has 0 aliphatic rings. The van der Waals surface area contributed by atoms with Gasteiger partial charge in [0.15, 0.2) is 5.78 Å². The number of carbonyl (C=O) groups excluding carboxylic acids is 1. The maximum atomic E-state index is 10.0. The van der Waals surface area contributed by atoms with Crippen molar-refractivity contribution in [1.29, 1.82) is 0 Å². The normalized spacial score (nSPS) is 12.3. The number of hydrogen-bond donors (Lipinski definition) is 1. The Balaban J connectivity index is 0.000000567. The summed E-state index contributed by atoms with van der Waals surface area (Å²) in [6, 6.07) is 17.9. The average Bonchev–Trinajstić information content (AvgIpc) is 3.24. The fourth-order valence-electron chi connectivity index (χ4n) is 5.67. The molecule has 0 fully saturated rings. The van der Waals surface area contributed by atoms with E-state index in [1.165, 1.54) is 73.1 Å². The van der Waals surface area contributed by atoms with Crippen LogP contribution in [0.1, 0.15) is 77.6 Å². The third-order valence-electron chi connectivity index (χ3n) is 7.53. The number of aryl methyl sites for hydroxylation is 1. The molecule has 0 saturated heterocycles. The quantitative estimate of drug-likeness (QED) is 0.0859. The molecule has 2 aromatic heterocycles.